The first-order valence-electron chi connectivity index (χ1n) is 5.68. The summed E-state index contributed by atoms with van der Waals surface area (Å²) in [4.78, 5) is 4.47. The van der Waals surface area contributed by atoms with Gasteiger partial charge in [0.05, 0.1) is 5.69 Å². The third-order valence-corrected chi connectivity index (χ3v) is 2.56. The van der Waals surface area contributed by atoms with Crippen molar-refractivity contribution < 1.29 is 4.39 Å². The van der Waals surface area contributed by atoms with Crippen molar-refractivity contribution in [3.8, 4) is 11.3 Å². The van der Waals surface area contributed by atoms with Crippen molar-refractivity contribution in [2.75, 3.05) is 11.9 Å². The first-order chi connectivity index (χ1) is 8.20. The molecule has 0 aliphatic rings. The molecule has 2 nitrogen and oxygen atoms in total. The molecule has 0 amide bonds. The van der Waals surface area contributed by atoms with Gasteiger partial charge in [-0.05, 0) is 49.7 Å². The third-order valence-electron chi connectivity index (χ3n) is 2.56. The van der Waals surface area contributed by atoms with Crippen LogP contribution >= 0.6 is 0 Å². The van der Waals surface area contributed by atoms with Crippen LogP contribution in [0, 0.1) is 12.7 Å². The number of benzene rings is 1. The predicted octanol–water partition coefficient (Wildman–Crippen LogP) is 3.63. The van der Waals surface area contributed by atoms with Crippen LogP contribution in [0.1, 0.15) is 12.5 Å². The topological polar surface area (TPSA) is 24.9 Å². The van der Waals surface area contributed by atoms with Gasteiger partial charge in [0, 0.05) is 12.1 Å². The normalized spacial score (nSPS) is 10.3. The molecule has 1 aromatic carbocycles. The number of nitrogens with zero attached hydrogens (tertiary/aromatic N) is 1. The Morgan fingerprint density at radius 1 is 1.24 bits per heavy atom. The van der Waals surface area contributed by atoms with Gasteiger partial charge in [-0.1, -0.05) is 6.07 Å². The monoisotopic (exact) mass is 230 g/mol. The summed E-state index contributed by atoms with van der Waals surface area (Å²) in [5.74, 6) is 0.656. The minimum atomic E-state index is -0.184. The van der Waals surface area contributed by atoms with Crippen LogP contribution in [0.5, 0.6) is 0 Å². The number of aryl methyl sites for hydroxylation is 1. The van der Waals surface area contributed by atoms with Gasteiger partial charge in [0.25, 0.3) is 0 Å². The molecule has 0 fully saturated rings. The van der Waals surface area contributed by atoms with Crippen molar-refractivity contribution in [2.24, 2.45) is 0 Å². The zero-order valence-corrected chi connectivity index (χ0v) is 10.00. The Kier molecular flexibility index (Phi) is 3.38. The number of hydrogen-bond acceptors (Lipinski definition) is 2. The molecule has 2 rings (SSSR count). The molecule has 1 heterocycles. The maximum atomic E-state index is 13.2. The molecule has 0 aliphatic carbocycles. The average molecular weight is 230 g/mol. The highest BCUT2D eigenvalue weighted by Crippen LogP contribution is 2.21. The van der Waals surface area contributed by atoms with Gasteiger partial charge in [-0.15, -0.1) is 0 Å². The van der Waals surface area contributed by atoms with E-state index in [4.69, 9.17) is 0 Å². The lowest BCUT2D eigenvalue weighted by Crippen LogP contribution is -1.99. The molecular formula is C14H15FN2. The molecule has 0 bridgehead atoms. The lowest BCUT2D eigenvalue weighted by Gasteiger charge is -2.06. The van der Waals surface area contributed by atoms with Crippen molar-refractivity contribution in [3.63, 3.8) is 0 Å². The van der Waals surface area contributed by atoms with E-state index in [-0.39, 0.29) is 5.82 Å². The SMILES string of the molecule is CCNc1cccc(-c2ccc(F)c(C)c2)n1. The van der Waals surface area contributed by atoms with Crippen LogP contribution in [0.15, 0.2) is 36.4 Å². The largest absolute Gasteiger partial charge is 0.370 e. The summed E-state index contributed by atoms with van der Waals surface area (Å²) >= 11 is 0. The zero-order valence-electron chi connectivity index (χ0n) is 10.00. The van der Waals surface area contributed by atoms with Crippen LogP contribution in [-0.4, -0.2) is 11.5 Å². The molecule has 88 valence electrons. The number of rotatable bonds is 3. The lowest BCUT2D eigenvalue weighted by molar-refractivity contribution is 0.619. The van der Waals surface area contributed by atoms with E-state index in [2.05, 4.69) is 10.3 Å². The molecule has 0 spiro atoms. The zero-order chi connectivity index (χ0) is 12.3. The van der Waals surface area contributed by atoms with Crippen LogP contribution in [0.2, 0.25) is 0 Å². The van der Waals surface area contributed by atoms with Crippen molar-refractivity contribution in [1.82, 2.24) is 4.98 Å². The molecule has 2 aromatic rings. The molecule has 0 saturated carbocycles. The van der Waals surface area contributed by atoms with Crippen LogP contribution in [-0.2, 0) is 0 Å². The number of halogens is 1. The predicted molar refractivity (Wildman–Crippen MR) is 68.5 cm³/mol. The molecule has 0 radical (unpaired) electrons. The number of anilines is 1. The molecule has 3 heteroatoms. The van der Waals surface area contributed by atoms with Crippen LogP contribution in [0.4, 0.5) is 10.2 Å². The number of hydrogen-bond donors (Lipinski definition) is 1. The first kappa shape index (κ1) is 11.6. The standard InChI is InChI=1S/C14H15FN2/c1-3-16-14-6-4-5-13(17-14)11-7-8-12(15)10(2)9-11/h4-9H,3H2,1-2H3,(H,16,17). The number of pyridine rings is 1. The Morgan fingerprint density at radius 3 is 2.76 bits per heavy atom. The van der Waals surface area contributed by atoms with E-state index in [1.807, 2.05) is 31.2 Å². The van der Waals surface area contributed by atoms with Gasteiger partial charge >= 0.3 is 0 Å². The Balaban J connectivity index is 2.38. The highest BCUT2D eigenvalue weighted by atomic mass is 19.1. The summed E-state index contributed by atoms with van der Waals surface area (Å²) in [7, 11) is 0. The van der Waals surface area contributed by atoms with Gasteiger partial charge < -0.3 is 5.32 Å². The van der Waals surface area contributed by atoms with E-state index in [9.17, 15) is 4.39 Å². The molecule has 0 aliphatic heterocycles. The van der Waals surface area contributed by atoms with Crippen molar-refractivity contribution >= 4 is 5.82 Å². The maximum Gasteiger partial charge on any atom is 0.126 e. The van der Waals surface area contributed by atoms with Gasteiger partial charge in [0.15, 0.2) is 0 Å². The maximum absolute atomic E-state index is 13.2. The number of nitrogens with one attached hydrogen (secondary N) is 1. The average Bonchev–Trinajstić information content (AvgIpc) is 2.33. The molecule has 0 saturated heterocycles. The summed E-state index contributed by atoms with van der Waals surface area (Å²) in [6.07, 6.45) is 0. The summed E-state index contributed by atoms with van der Waals surface area (Å²) in [5, 5.41) is 3.16. The minimum Gasteiger partial charge on any atom is -0.370 e. The smallest absolute Gasteiger partial charge is 0.126 e. The molecule has 17 heavy (non-hydrogen) atoms. The van der Waals surface area contributed by atoms with E-state index in [1.54, 1.807) is 13.0 Å². The van der Waals surface area contributed by atoms with Crippen molar-refractivity contribution in [3.05, 3.63) is 47.8 Å². The molecule has 1 N–H and O–H groups in total. The fraction of sp³-hybridized carbons (Fsp3) is 0.214. The summed E-state index contributed by atoms with van der Waals surface area (Å²) < 4.78 is 13.2. The van der Waals surface area contributed by atoms with Crippen LogP contribution < -0.4 is 5.32 Å². The van der Waals surface area contributed by atoms with Gasteiger partial charge in [0.1, 0.15) is 11.6 Å². The van der Waals surface area contributed by atoms with E-state index < -0.39 is 0 Å². The quantitative estimate of drug-likeness (QED) is 0.871. The van der Waals surface area contributed by atoms with Crippen molar-refractivity contribution in [1.29, 1.82) is 0 Å². The lowest BCUT2D eigenvalue weighted by atomic mass is 10.1. The third kappa shape index (κ3) is 2.61. The van der Waals surface area contributed by atoms with E-state index >= 15 is 0 Å². The van der Waals surface area contributed by atoms with E-state index in [1.165, 1.54) is 6.07 Å². The Labute approximate surface area is 101 Å². The minimum absolute atomic E-state index is 0.184. The van der Waals surface area contributed by atoms with Crippen LogP contribution in [0.3, 0.4) is 0 Å². The fourth-order valence-corrected chi connectivity index (χ4v) is 1.68. The van der Waals surface area contributed by atoms with E-state index in [0.717, 1.165) is 23.6 Å². The van der Waals surface area contributed by atoms with Crippen LogP contribution in [0.25, 0.3) is 11.3 Å². The highest BCUT2D eigenvalue weighted by molar-refractivity contribution is 5.62. The van der Waals surface area contributed by atoms with Gasteiger partial charge in [-0.25, -0.2) is 9.37 Å². The molecular weight excluding hydrogens is 215 g/mol. The Bertz CT molecular complexity index is 523. The summed E-state index contributed by atoms with van der Waals surface area (Å²) in [6, 6.07) is 10.8. The molecule has 0 unspecified atom stereocenters. The fourth-order valence-electron chi connectivity index (χ4n) is 1.68. The molecule has 1 aromatic heterocycles. The summed E-state index contributed by atoms with van der Waals surface area (Å²) in [5.41, 5.74) is 2.42. The highest BCUT2D eigenvalue weighted by Gasteiger charge is 2.03. The second-order valence-corrected chi connectivity index (χ2v) is 3.90. The van der Waals surface area contributed by atoms with Gasteiger partial charge in [0.2, 0.25) is 0 Å². The van der Waals surface area contributed by atoms with Gasteiger partial charge in [-0.3, -0.25) is 0 Å². The molecule has 0 atom stereocenters. The summed E-state index contributed by atoms with van der Waals surface area (Å²) in [6.45, 7) is 4.61. The Hall–Kier alpha value is -1.90. The Morgan fingerprint density at radius 2 is 2.06 bits per heavy atom. The second kappa shape index (κ2) is 4.95. The van der Waals surface area contributed by atoms with E-state index in [0.29, 0.717) is 5.56 Å². The van der Waals surface area contributed by atoms with Gasteiger partial charge in [-0.2, -0.15) is 0 Å². The van der Waals surface area contributed by atoms with Crippen molar-refractivity contribution in [2.45, 2.75) is 13.8 Å². The second-order valence-electron chi connectivity index (χ2n) is 3.90. The first-order valence-corrected chi connectivity index (χ1v) is 5.68. The number of aromatic nitrogens is 1.